The zero-order chi connectivity index (χ0) is 23.0. The Labute approximate surface area is 183 Å². The third-order valence-corrected chi connectivity index (χ3v) is 5.74. The number of rotatable bonds is 5. The largest absolute Gasteiger partial charge is 0.573 e. The second kappa shape index (κ2) is 8.36. The van der Waals surface area contributed by atoms with Crippen molar-refractivity contribution in [3.05, 3.63) is 63.9 Å². The number of benzene rings is 2. The summed E-state index contributed by atoms with van der Waals surface area (Å²) in [5, 5.41) is 7.53. The quantitative estimate of drug-likeness (QED) is 0.576. The maximum Gasteiger partial charge on any atom is 0.573 e. The number of carbonyl (C=O) groups excluding carboxylic acids is 1. The first-order valence-electron chi connectivity index (χ1n) is 8.18. The van der Waals surface area contributed by atoms with Gasteiger partial charge in [-0.2, -0.15) is 0 Å². The van der Waals surface area contributed by atoms with Crippen molar-refractivity contribution in [2.75, 3.05) is 0 Å². The molecule has 31 heavy (non-hydrogen) atoms. The van der Waals surface area contributed by atoms with Gasteiger partial charge in [-0.25, -0.2) is 17.8 Å². The van der Waals surface area contributed by atoms with Crippen molar-refractivity contribution in [3.8, 4) is 11.4 Å². The Balaban J connectivity index is 1.86. The fraction of sp³-hybridized carbons (Fsp3) is 0.118. The topological polar surface area (TPSA) is 103 Å². The lowest BCUT2D eigenvalue weighted by Gasteiger charge is -2.11. The molecular formula is C17H11Cl2F3N4O4S. The Morgan fingerprint density at radius 1 is 1.13 bits per heavy atom. The van der Waals surface area contributed by atoms with Crippen molar-refractivity contribution < 1.29 is 31.1 Å². The smallest absolute Gasteiger partial charge is 0.406 e. The number of nitrogens with one attached hydrogen (secondary N) is 1. The van der Waals surface area contributed by atoms with Crippen LogP contribution in [-0.2, 0) is 10.0 Å². The highest BCUT2D eigenvalue weighted by molar-refractivity contribution is 7.90. The van der Waals surface area contributed by atoms with Gasteiger partial charge < -0.3 is 4.74 Å². The van der Waals surface area contributed by atoms with Gasteiger partial charge >= 0.3 is 6.36 Å². The minimum atomic E-state index is -4.89. The Kier molecular flexibility index (Phi) is 6.16. The summed E-state index contributed by atoms with van der Waals surface area (Å²) in [5.41, 5.74) is -0.139. The second-order valence-corrected chi connectivity index (χ2v) is 8.51. The molecule has 0 fully saturated rings. The summed E-state index contributed by atoms with van der Waals surface area (Å²) in [7, 11) is -4.21. The maximum atomic E-state index is 12.5. The van der Waals surface area contributed by atoms with Gasteiger partial charge in [0, 0.05) is 11.1 Å². The van der Waals surface area contributed by atoms with E-state index < -0.39 is 28.0 Å². The molecule has 0 spiro atoms. The molecule has 1 aromatic heterocycles. The number of carbonyl (C=O) groups is 1. The molecule has 3 aromatic rings. The summed E-state index contributed by atoms with van der Waals surface area (Å²) in [6, 6.07) is 8.21. The van der Waals surface area contributed by atoms with Crippen LogP contribution in [0.15, 0.2) is 47.4 Å². The van der Waals surface area contributed by atoms with E-state index in [0.717, 1.165) is 16.8 Å². The van der Waals surface area contributed by atoms with Gasteiger partial charge in [0.2, 0.25) is 0 Å². The third kappa shape index (κ3) is 5.27. The Morgan fingerprint density at radius 2 is 1.77 bits per heavy atom. The van der Waals surface area contributed by atoms with E-state index in [-0.39, 0.29) is 27.0 Å². The predicted molar refractivity (Wildman–Crippen MR) is 104 cm³/mol. The van der Waals surface area contributed by atoms with Gasteiger partial charge in [0.25, 0.3) is 15.9 Å². The molecule has 0 aliphatic heterocycles. The summed E-state index contributed by atoms with van der Waals surface area (Å²) in [6.07, 6.45) is -4.89. The van der Waals surface area contributed by atoms with Crippen molar-refractivity contribution in [2.45, 2.75) is 18.2 Å². The molecule has 0 saturated carbocycles. The molecule has 1 N–H and O–H groups in total. The minimum Gasteiger partial charge on any atom is -0.406 e. The molecular weight excluding hydrogens is 484 g/mol. The highest BCUT2D eigenvalue weighted by Crippen LogP contribution is 2.30. The van der Waals surface area contributed by atoms with E-state index in [1.807, 2.05) is 4.72 Å². The zero-order valence-electron chi connectivity index (χ0n) is 15.3. The van der Waals surface area contributed by atoms with Gasteiger partial charge in [0.15, 0.2) is 5.69 Å². The molecule has 1 amide bonds. The standard InChI is InChI=1S/C17H11Cl2F3N4O4S/c1-9-15(16(27)24-31(28,29)12-5-2-10(18)3-6-12)23-25-26(9)14-7-4-11(8-13(14)19)30-17(20,21)22/h2-8H,1H3,(H,24,27). The lowest BCUT2D eigenvalue weighted by atomic mass is 10.2. The van der Waals surface area contributed by atoms with Gasteiger partial charge in [0.05, 0.1) is 21.3 Å². The predicted octanol–water partition coefficient (Wildman–Crippen LogP) is 3.90. The number of alkyl halides is 3. The van der Waals surface area contributed by atoms with Gasteiger partial charge in [-0.15, -0.1) is 18.3 Å². The number of sulfonamides is 1. The summed E-state index contributed by atoms with van der Waals surface area (Å²) in [6.45, 7) is 1.40. The molecule has 0 saturated heterocycles. The molecule has 0 radical (unpaired) electrons. The van der Waals surface area contributed by atoms with Gasteiger partial charge in [0.1, 0.15) is 5.75 Å². The van der Waals surface area contributed by atoms with E-state index in [0.29, 0.717) is 5.02 Å². The molecule has 0 bridgehead atoms. The first kappa shape index (κ1) is 22.8. The number of nitrogens with zero attached hydrogens (tertiary/aromatic N) is 3. The Bertz CT molecular complexity index is 1250. The monoisotopic (exact) mass is 494 g/mol. The number of hydrogen-bond acceptors (Lipinski definition) is 6. The number of aromatic nitrogens is 3. The minimum absolute atomic E-state index is 0.0928. The highest BCUT2D eigenvalue weighted by Gasteiger charge is 2.31. The average Bonchev–Trinajstić information content (AvgIpc) is 3.02. The van der Waals surface area contributed by atoms with E-state index in [1.165, 1.54) is 37.3 Å². The van der Waals surface area contributed by atoms with Crippen LogP contribution < -0.4 is 9.46 Å². The van der Waals surface area contributed by atoms with E-state index in [1.54, 1.807) is 0 Å². The molecule has 0 aliphatic rings. The van der Waals surface area contributed by atoms with E-state index in [9.17, 15) is 26.4 Å². The normalized spacial score (nSPS) is 11.9. The van der Waals surface area contributed by atoms with Crippen LogP contribution >= 0.6 is 23.2 Å². The van der Waals surface area contributed by atoms with Crippen molar-refractivity contribution in [1.82, 2.24) is 19.7 Å². The van der Waals surface area contributed by atoms with Crippen molar-refractivity contribution in [3.63, 3.8) is 0 Å². The molecule has 14 heteroatoms. The summed E-state index contributed by atoms with van der Waals surface area (Å²) >= 11 is 11.7. The van der Waals surface area contributed by atoms with Crippen LogP contribution in [0.2, 0.25) is 10.0 Å². The number of ether oxygens (including phenoxy) is 1. The third-order valence-electron chi connectivity index (χ3n) is 3.84. The molecule has 0 atom stereocenters. The van der Waals surface area contributed by atoms with E-state index >= 15 is 0 Å². The molecule has 8 nitrogen and oxygen atoms in total. The lowest BCUT2D eigenvalue weighted by Crippen LogP contribution is -2.31. The maximum absolute atomic E-state index is 12.5. The summed E-state index contributed by atoms with van der Waals surface area (Å²) < 4.78 is 68.5. The number of amides is 1. The molecule has 1 heterocycles. The summed E-state index contributed by atoms with van der Waals surface area (Å²) in [4.78, 5) is 12.3. The van der Waals surface area contributed by atoms with Crippen LogP contribution in [0.3, 0.4) is 0 Å². The van der Waals surface area contributed by atoms with Crippen LogP contribution in [-0.4, -0.2) is 35.7 Å². The van der Waals surface area contributed by atoms with Crippen LogP contribution in [0.5, 0.6) is 5.75 Å². The lowest BCUT2D eigenvalue weighted by molar-refractivity contribution is -0.274. The SMILES string of the molecule is Cc1c(C(=O)NS(=O)(=O)c2ccc(Cl)cc2)nnn1-c1ccc(OC(F)(F)F)cc1Cl. The fourth-order valence-corrected chi connectivity index (χ4v) is 3.80. The van der Waals surface area contributed by atoms with E-state index in [2.05, 4.69) is 15.0 Å². The fourth-order valence-electron chi connectivity index (χ4n) is 2.47. The Hall–Kier alpha value is -2.83. The summed E-state index contributed by atoms with van der Waals surface area (Å²) in [5.74, 6) is -1.61. The molecule has 0 aliphatic carbocycles. The van der Waals surface area contributed by atoms with Crippen LogP contribution in [0.4, 0.5) is 13.2 Å². The van der Waals surface area contributed by atoms with Gasteiger partial charge in [-0.1, -0.05) is 28.4 Å². The van der Waals surface area contributed by atoms with Crippen LogP contribution in [0.1, 0.15) is 16.2 Å². The first-order valence-corrected chi connectivity index (χ1v) is 10.4. The van der Waals surface area contributed by atoms with Crippen molar-refractivity contribution >= 4 is 39.1 Å². The first-order chi connectivity index (χ1) is 14.4. The zero-order valence-corrected chi connectivity index (χ0v) is 17.6. The molecule has 3 rings (SSSR count). The molecule has 2 aromatic carbocycles. The van der Waals surface area contributed by atoms with E-state index in [4.69, 9.17) is 23.2 Å². The van der Waals surface area contributed by atoms with Gasteiger partial charge in [-0.3, -0.25) is 4.79 Å². The van der Waals surface area contributed by atoms with Crippen LogP contribution in [0.25, 0.3) is 5.69 Å². The highest BCUT2D eigenvalue weighted by atomic mass is 35.5. The van der Waals surface area contributed by atoms with Crippen LogP contribution in [0, 0.1) is 6.92 Å². The van der Waals surface area contributed by atoms with Crippen molar-refractivity contribution in [1.29, 1.82) is 0 Å². The second-order valence-electron chi connectivity index (χ2n) is 5.98. The molecule has 164 valence electrons. The van der Waals surface area contributed by atoms with Crippen molar-refractivity contribution in [2.24, 2.45) is 0 Å². The Morgan fingerprint density at radius 3 is 2.35 bits per heavy atom. The number of halogens is 5. The average molecular weight is 495 g/mol. The van der Waals surface area contributed by atoms with Gasteiger partial charge in [-0.05, 0) is 43.3 Å². The molecule has 0 unspecified atom stereocenters. The number of hydrogen-bond donors (Lipinski definition) is 1.